The van der Waals surface area contributed by atoms with Crippen LogP contribution in [0.3, 0.4) is 0 Å². The van der Waals surface area contributed by atoms with Crippen LogP contribution in [0.15, 0.2) is 30.5 Å². The summed E-state index contributed by atoms with van der Waals surface area (Å²) in [5.74, 6) is -0.423. The predicted molar refractivity (Wildman–Crippen MR) is 120 cm³/mol. The number of nitrogens with zero attached hydrogens (tertiary/aromatic N) is 3. The van der Waals surface area contributed by atoms with Crippen LogP contribution in [0.4, 0.5) is 0 Å². The minimum absolute atomic E-state index is 0.00402. The summed E-state index contributed by atoms with van der Waals surface area (Å²) >= 11 is 0. The van der Waals surface area contributed by atoms with Crippen molar-refractivity contribution in [1.82, 2.24) is 25.3 Å². The molecule has 0 unspecified atom stereocenters. The van der Waals surface area contributed by atoms with Crippen LogP contribution in [-0.4, -0.2) is 50.7 Å². The molecule has 2 amide bonds. The van der Waals surface area contributed by atoms with Crippen molar-refractivity contribution in [2.75, 3.05) is 13.1 Å². The first-order chi connectivity index (χ1) is 14.6. The molecule has 2 atom stereocenters. The Morgan fingerprint density at radius 1 is 1.32 bits per heavy atom. The summed E-state index contributed by atoms with van der Waals surface area (Å²) in [6.45, 7) is 12.8. The van der Waals surface area contributed by atoms with Gasteiger partial charge in [0.1, 0.15) is 0 Å². The number of likely N-dealkylation sites (tertiary alicyclic amines) is 1. The Labute approximate surface area is 184 Å². The minimum Gasteiger partial charge on any atom is -0.351 e. The smallest absolute Gasteiger partial charge is 0.252 e. The van der Waals surface area contributed by atoms with Gasteiger partial charge in [0.15, 0.2) is 0 Å². The molecule has 1 fully saturated rings. The Kier molecular flexibility index (Phi) is 5.41. The molecule has 3 heterocycles. The van der Waals surface area contributed by atoms with Crippen molar-refractivity contribution in [1.29, 1.82) is 0 Å². The van der Waals surface area contributed by atoms with Crippen LogP contribution < -0.4 is 10.6 Å². The number of benzene rings is 1. The maximum absolute atomic E-state index is 13.4. The van der Waals surface area contributed by atoms with Crippen LogP contribution in [0.5, 0.6) is 0 Å². The third-order valence-electron chi connectivity index (χ3n) is 6.32. The molecule has 2 N–H and O–H groups in total. The van der Waals surface area contributed by atoms with Gasteiger partial charge in [-0.1, -0.05) is 18.2 Å². The summed E-state index contributed by atoms with van der Waals surface area (Å²) in [4.78, 5) is 28.6. The van der Waals surface area contributed by atoms with Crippen molar-refractivity contribution in [3.8, 4) is 0 Å². The molecule has 0 bridgehead atoms. The van der Waals surface area contributed by atoms with E-state index in [0.717, 1.165) is 23.4 Å². The summed E-state index contributed by atoms with van der Waals surface area (Å²) in [6.07, 6.45) is 2.74. The summed E-state index contributed by atoms with van der Waals surface area (Å²) in [7, 11) is 0. The number of carbonyl (C=O) groups is 2. The molecule has 2 aromatic rings. The molecule has 4 rings (SSSR count). The van der Waals surface area contributed by atoms with Crippen molar-refractivity contribution < 1.29 is 9.59 Å². The molecule has 2 aliphatic rings. The largest absolute Gasteiger partial charge is 0.351 e. The lowest BCUT2D eigenvalue weighted by Gasteiger charge is -2.40. The summed E-state index contributed by atoms with van der Waals surface area (Å²) in [6, 6.07) is 7.71. The number of carbonyl (C=O) groups excluding carboxylic acids is 2. The van der Waals surface area contributed by atoms with Crippen molar-refractivity contribution >= 4 is 11.8 Å². The van der Waals surface area contributed by atoms with E-state index in [1.807, 2.05) is 56.6 Å². The zero-order chi connectivity index (χ0) is 22.4. The highest BCUT2D eigenvalue weighted by Gasteiger charge is 2.53. The van der Waals surface area contributed by atoms with E-state index in [9.17, 15) is 9.59 Å². The number of aromatic nitrogens is 2. The molecule has 166 valence electrons. The molecule has 0 saturated carbocycles. The van der Waals surface area contributed by atoms with Gasteiger partial charge in [0.25, 0.3) is 5.91 Å². The highest BCUT2D eigenvalue weighted by Crippen LogP contribution is 2.36. The fourth-order valence-corrected chi connectivity index (χ4v) is 4.91. The molecule has 7 nitrogen and oxygen atoms in total. The maximum atomic E-state index is 13.4. The molecule has 2 aliphatic heterocycles. The number of amides is 2. The predicted octanol–water partition coefficient (Wildman–Crippen LogP) is 2.28. The van der Waals surface area contributed by atoms with Gasteiger partial charge in [-0.05, 0) is 52.7 Å². The first kappa shape index (κ1) is 21.6. The normalized spacial score (nSPS) is 23.6. The fraction of sp³-hybridized carbons (Fsp3) is 0.542. The Morgan fingerprint density at radius 3 is 2.74 bits per heavy atom. The van der Waals surface area contributed by atoms with Gasteiger partial charge in [-0.3, -0.25) is 19.2 Å². The third-order valence-corrected chi connectivity index (χ3v) is 6.32. The molecule has 0 radical (unpaired) electrons. The van der Waals surface area contributed by atoms with Gasteiger partial charge in [0, 0.05) is 49.0 Å². The molecule has 1 aromatic carbocycles. The average Bonchev–Trinajstić information content (AvgIpc) is 3.20. The van der Waals surface area contributed by atoms with Crippen molar-refractivity contribution in [3.63, 3.8) is 0 Å². The third kappa shape index (κ3) is 4.24. The van der Waals surface area contributed by atoms with E-state index < -0.39 is 5.54 Å². The lowest BCUT2D eigenvalue weighted by Crippen LogP contribution is -2.62. The Bertz CT molecular complexity index is 1010. The van der Waals surface area contributed by atoms with E-state index in [1.165, 1.54) is 0 Å². The summed E-state index contributed by atoms with van der Waals surface area (Å²) in [5.41, 5.74) is 2.95. The maximum Gasteiger partial charge on any atom is 0.252 e. The first-order valence-corrected chi connectivity index (χ1v) is 11.1. The Hall–Kier alpha value is -2.67. The van der Waals surface area contributed by atoms with E-state index in [4.69, 9.17) is 0 Å². The van der Waals surface area contributed by atoms with Gasteiger partial charge in [0.05, 0.1) is 17.2 Å². The molecule has 1 saturated heterocycles. The molecule has 0 aliphatic carbocycles. The number of nitrogens with one attached hydrogen (secondary N) is 2. The highest BCUT2D eigenvalue weighted by atomic mass is 16.2. The van der Waals surface area contributed by atoms with Gasteiger partial charge in [-0.25, -0.2) is 0 Å². The zero-order valence-electron chi connectivity index (χ0n) is 19.2. The first-order valence-electron chi connectivity index (χ1n) is 11.1. The van der Waals surface area contributed by atoms with E-state index in [1.54, 1.807) is 0 Å². The van der Waals surface area contributed by atoms with E-state index in [0.29, 0.717) is 31.6 Å². The van der Waals surface area contributed by atoms with E-state index in [2.05, 4.69) is 33.8 Å². The number of aryl methyl sites for hydroxylation is 2. The average molecular weight is 424 g/mol. The molecule has 31 heavy (non-hydrogen) atoms. The van der Waals surface area contributed by atoms with Crippen LogP contribution in [-0.2, 0) is 24.3 Å². The monoisotopic (exact) mass is 423 g/mol. The van der Waals surface area contributed by atoms with Crippen LogP contribution in [0.25, 0.3) is 0 Å². The quantitative estimate of drug-likeness (QED) is 0.791. The van der Waals surface area contributed by atoms with Gasteiger partial charge in [0.2, 0.25) is 5.91 Å². The Balaban J connectivity index is 1.65. The Morgan fingerprint density at radius 2 is 2.06 bits per heavy atom. The molecular formula is C24H33N5O2. The van der Waals surface area contributed by atoms with Crippen LogP contribution in [0.2, 0.25) is 0 Å². The fourth-order valence-electron chi connectivity index (χ4n) is 4.91. The summed E-state index contributed by atoms with van der Waals surface area (Å²) < 4.78 is 1.94. The van der Waals surface area contributed by atoms with Gasteiger partial charge >= 0.3 is 0 Å². The number of rotatable bonds is 4. The molecule has 7 heteroatoms. The van der Waals surface area contributed by atoms with E-state index >= 15 is 0 Å². The lowest BCUT2D eigenvalue weighted by molar-refractivity contribution is -0.127. The second-order valence-electron chi connectivity index (χ2n) is 10.0. The number of hydrogen-bond donors (Lipinski definition) is 2. The van der Waals surface area contributed by atoms with Crippen molar-refractivity contribution in [2.45, 2.75) is 65.2 Å². The van der Waals surface area contributed by atoms with E-state index in [-0.39, 0.29) is 23.3 Å². The molecular weight excluding hydrogens is 390 g/mol. The molecule has 1 aromatic heterocycles. The minimum atomic E-state index is -0.616. The topological polar surface area (TPSA) is 79.3 Å². The van der Waals surface area contributed by atoms with Crippen LogP contribution >= 0.6 is 0 Å². The van der Waals surface area contributed by atoms with Gasteiger partial charge in [-0.15, -0.1) is 0 Å². The SMILES string of the molecule is CCn1cc(CN2C[C@@H](C(=O)NC(C)(C)C)[C@@]3(Cc4ccccc4C(=O)N3)C2)c(C)n1. The lowest BCUT2D eigenvalue weighted by atomic mass is 9.76. The van der Waals surface area contributed by atoms with Crippen LogP contribution in [0.1, 0.15) is 54.9 Å². The second kappa shape index (κ2) is 7.79. The standard InChI is InChI=1S/C24H33N5O2/c1-6-29-13-18(16(2)27-29)12-28-14-20(22(31)25-23(3,4)5)24(15-28)11-17-9-7-8-10-19(17)21(30)26-24/h7-10,13,20H,6,11-12,14-15H2,1-5H3,(H,25,31)(H,26,30)/t20-,24+/m0/s1. The van der Waals surface area contributed by atoms with Crippen LogP contribution in [0, 0.1) is 12.8 Å². The highest BCUT2D eigenvalue weighted by molar-refractivity contribution is 5.98. The molecule has 1 spiro atoms. The van der Waals surface area contributed by atoms with Gasteiger partial charge in [-0.2, -0.15) is 5.10 Å². The van der Waals surface area contributed by atoms with Crippen molar-refractivity contribution in [2.24, 2.45) is 5.92 Å². The number of hydrogen-bond acceptors (Lipinski definition) is 4. The van der Waals surface area contributed by atoms with Crippen molar-refractivity contribution in [3.05, 3.63) is 52.8 Å². The summed E-state index contributed by atoms with van der Waals surface area (Å²) in [5, 5.41) is 11.0. The van der Waals surface area contributed by atoms with Gasteiger partial charge < -0.3 is 10.6 Å². The number of fused-ring (bicyclic) bond motifs is 1. The second-order valence-corrected chi connectivity index (χ2v) is 10.0. The zero-order valence-corrected chi connectivity index (χ0v) is 19.2.